The Balaban J connectivity index is 2.11. The molecule has 2 aromatic carbocycles. The lowest BCUT2D eigenvalue weighted by Gasteiger charge is -2.14. The lowest BCUT2D eigenvalue weighted by Crippen LogP contribution is -2.31. The van der Waals surface area contributed by atoms with Gasteiger partial charge in [-0.3, -0.25) is 15.0 Å². The van der Waals surface area contributed by atoms with E-state index in [4.69, 9.17) is 21.4 Å². The molecule has 0 aliphatic rings. The predicted molar refractivity (Wildman–Crippen MR) is 99.2 cm³/mol. The summed E-state index contributed by atoms with van der Waals surface area (Å²) in [4.78, 5) is 34.3. The molecule has 0 saturated carbocycles. The molecule has 0 aliphatic heterocycles. The van der Waals surface area contributed by atoms with Gasteiger partial charge in [-0.05, 0) is 42.5 Å². The molecule has 0 unspecified atom stereocenters. The van der Waals surface area contributed by atoms with Gasteiger partial charge in [-0.25, -0.2) is 4.79 Å². The van der Waals surface area contributed by atoms with Crippen molar-refractivity contribution in [2.45, 2.75) is 12.5 Å². The van der Waals surface area contributed by atoms with Gasteiger partial charge in [0.2, 0.25) is 0 Å². The third-order valence-corrected chi connectivity index (χ3v) is 3.60. The Morgan fingerprint density at radius 3 is 2.22 bits per heavy atom. The number of hydrogen-bond acceptors (Lipinski definition) is 5. The molecule has 27 heavy (non-hydrogen) atoms. The first-order chi connectivity index (χ1) is 12.8. The van der Waals surface area contributed by atoms with E-state index in [1.54, 1.807) is 30.3 Å². The number of carbonyl (C=O) groups is 3. The molecule has 1 atom stereocenters. The largest absolute Gasteiger partial charge is 0.481 e. The van der Waals surface area contributed by atoms with Crippen LogP contribution in [-0.4, -0.2) is 39.9 Å². The second-order valence-electron chi connectivity index (χ2n) is 5.66. The van der Waals surface area contributed by atoms with E-state index in [-0.39, 0.29) is 11.4 Å². The van der Waals surface area contributed by atoms with Crippen LogP contribution >= 0.6 is 0 Å². The maximum Gasteiger partial charge on any atom is 0.326 e. The van der Waals surface area contributed by atoms with Crippen molar-refractivity contribution in [3.8, 4) is 0 Å². The van der Waals surface area contributed by atoms with Crippen molar-refractivity contribution in [1.29, 1.82) is 5.41 Å². The van der Waals surface area contributed by atoms with Gasteiger partial charge in [0.1, 0.15) is 11.9 Å². The number of rotatable bonds is 8. The summed E-state index contributed by atoms with van der Waals surface area (Å²) >= 11 is 0. The van der Waals surface area contributed by atoms with E-state index in [9.17, 15) is 14.4 Å². The standard InChI is InChI=1S/C18H18N4O5/c19-16(20)10-4-6-12(7-5-10)22-17(25)11-2-1-3-13(8-11)21-14(18(26)27)9-15(23)24/h1-8,14,21H,9H2,(H3,19,20)(H,22,25)(H,23,24)(H,26,27)/t14-/m1/s1. The quantitative estimate of drug-likeness (QED) is 0.303. The van der Waals surface area contributed by atoms with Crippen molar-refractivity contribution in [2.75, 3.05) is 10.6 Å². The lowest BCUT2D eigenvalue weighted by molar-refractivity contribution is -0.144. The van der Waals surface area contributed by atoms with E-state index in [1.807, 2.05) is 0 Å². The molecule has 2 rings (SSSR count). The van der Waals surface area contributed by atoms with Crippen LogP contribution in [0, 0.1) is 5.41 Å². The summed E-state index contributed by atoms with van der Waals surface area (Å²) in [6.45, 7) is 0. The van der Waals surface area contributed by atoms with E-state index in [0.717, 1.165) is 0 Å². The topological polar surface area (TPSA) is 166 Å². The molecule has 9 heteroatoms. The average molecular weight is 370 g/mol. The highest BCUT2D eigenvalue weighted by molar-refractivity contribution is 6.05. The maximum absolute atomic E-state index is 12.4. The Labute approximate surface area is 154 Å². The first kappa shape index (κ1) is 19.4. The van der Waals surface area contributed by atoms with Gasteiger partial charge in [0.05, 0.1) is 6.42 Å². The molecule has 7 N–H and O–H groups in total. The van der Waals surface area contributed by atoms with E-state index in [2.05, 4.69) is 10.6 Å². The third kappa shape index (κ3) is 5.56. The van der Waals surface area contributed by atoms with Gasteiger partial charge in [0.15, 0.2) is 0 Å². The number of amides is 1. The van der Waals surface area contributed by atoms with Gasteiger partial charge in [-0.15, -0.1) is 0 Å². The second kappa shape index (κ2) is 8.48. The summed E-state index contributed by atoms with van der Waals surface area (Å²) in [6.07, 6.45) is -0.603. The maximum atomic E-state index is 12.4. The fourth-order valence-electron chi connectivity index (χ4n) is 2.26. The molecule has 1 amide bonds. The predicted octanol–water partition coefficient (Wildman–Crippen LogP) is 1.56. The number of carboxylic acid groups (broad SMARTS) is 2. The zero-order chi connectivity index (χ0) is 20.0. The molecule has 0 heterocycles. The zero-order valence-electron chi connectivity index (χ0n) is 14.1. The first-order valence-corrected chi connectivity index (χ1v) is 7.83. The van der Waals surface area contributed by atoms with Gasteiger partial charge in [-0.2, -0.15) is 0 Å². The number of carbonyl (C=O) groups excluding carboxylic acids is 1. The normalized spacial score (nSPS) is 11.3. The van der Waals surface area contributed by atoms with Gasteiger partial charge < -0.3 is 26.6 Å². The summed E-state index contributed by atoms with van der Waals surface area (Å²) in [5.74, 6) is -3.07. The highest BCUT2D eigenvalue weighted by Gasteiger charge is 2.21. The number of nitrogens with one attached hydrogen (secondary N) is 3. The van der Waals surface area contributed by atoms with Crippen molar-refractivity contribution in [2.24, 2.45) is 5.73 Å². The summed E-state index contributed by atoms with van der Waals surface area (Å²) in [5.41, 5.74) is 6.97. The van der Waals surface area contributed by atoms with Crippen LogP contribution in [0.5, 0.6) is 0 Å². The Hall–Kier alpha value is -3.88. The smallest absolute Gasteiger partial charge is 0.326 e. The summed E-state index contributed by atoms with van der Waals surface area (Å²) in [5, 5.41) is 30.5. The Bertz CT molecular complexity index is 880. The minimum atomic E-state index is -1.32. The van der Waals surface area contributed by atoms with Gasteiger partial charge in [0.25, 0.3) is 5.91 Å². The summed E-state index contributed by atoms with van der Waals surface area (Å²) < 4.78 is 0. The van der Waals surface area contributed by atoms with Crippen LogP contribution in [0.1, 0.15) is 22.3 Å². The summed E-state index contributed by atoms with van der Waals surface area (Å²) in [6, 6.07) is 11.1. The molecule has 0 bridgehead atoms. The molecule has 0 saturated heterocycles. The zero-order valence-corrected chi connectivity index (χ0v) is 14.1. The molecule has 9 nitrogen and oxygen atoms in total. The van der Waals surface area contributed by atoms with E-state index >= 15 is 0 Å². The van der Waals surface area contributed by atoms with Crippen LogP contribution in [-0.2, 0) is 9.59 Å². The minimum Gasteiger partial charge on any atom is -0.481 e. The van der Waals surface area contributed by atoms with Crippen molar-refractivity contribution < 1.29 is 24.6 Å². The highest BCUT2D eigenvalue weighted by Crippen LogP contribution is 2.16. The van der Waals surface area contributed by atoms with Crippen LogP contribution in [0.3, 0.4) is 0 Å². The van der Waals surface area contributed by atoms with Crippen LogP contribution in [0.25, 0.3) is 0 Å². The lowest BCUT2D eigenvalue weighted by atomic mass is 10.1. The third-order valence-electron chi connectivity index (χ3n) is 3.60. The van der Waals surface area contributed by atoms with Crippen LogP contribution in [0.4, 0.5) is 11.4 Å². The van der Waals surface area contributed by atoms with Crippen molar-refractivity contribution >= 4 is 35.1 Å². The highest BCUT2D eigenvalue weighted by atomic mass is 16.4. The fraction of sp³-hybridized carbons (Fsp3) is 0.111. The molecule has 0 aliphatic carbocycles. The monoisotopic (exact) mass is 370 g/mol. The van der Waals surface area contributed by atoms with Crippen LogP contribution < -0.4 is 16.4 Å². The number of benzene rings is 2. The van der Waals surface area contributed by atoms with Crippen molar-refractivity contribution in [1.82, 2.24) is 0 Å². The number of nitrogen functional groups attached to an aromatic ring is 1. The SMILES string of the molecule is N=C(N)c1ccc(NC(=O)c2cccc(N[C@H](CC(=O)O)C(=O)O)c2)cc1. The molecule has 0 aromatic heterocycles. The van der Waals surface area contributed by atoms with Crippen molar-refractivity contribution in [3.05, 3.63) is 59.7 Å². The Morgan fingerprint density at radius 1 is 1.00 bits per heavy atom. The van der Waals surface area contributed by atoms with E-state index in [1.165, 1.54) is 18.2 Å². The van der Waals surface area contributed by atoms with Crippen molar-refractivity contribution in [3.63, 3.8) is 0 Å². The molecule has 0 radical (unpaired) electrons. The molecule has 0 spiro atoms. The van der Waals surface area contributed by atoms with Crippen LogP contribution in [0.15, 0.2) is 48.5 Å². The molecule has 2 aromatic rings. The molecule has 140 valence electrons. The van der Waals surface area contributed by atoms with E-state index < -0.39 is 30.3 Å². The molecule has 0 fully saturated rings. The number of carboxylic acids is 2. The average Bonchev–Trinajstić information content (AvgIpc) is 2.61. The van der Waals surface area contributed by atoms with Gasteiger partial charge in [0, 0.05) is 22.5 Å². The fourth-order valence-corrected chi connectivity index (χ4v) is 2.26. The molecular weight excluding hydrogens is 352 g/mol. The van der Waals surface area contributed by atoms with E-state index in [0.29, 0.717) is 16.9 Å². The van der Waals surface area contributed by atoms with Gasteiger partial charge in [-0.1, -0.05) is 6.07 Å². The number of anilines is 2. The molecular formula is C18H18N4O5. The summed E-state index contributed by atoms with van der Waals surface area (Å²) in [7, 11) is 0. The Kier molecular flexibility index (Phi) is 6.10. The number of aliphatic carboxylic acids is 2. The first-order valence-electron chi connectivity index (χ1n) is 7.83. The number of amidine groups is 1. The number of hydrogen-bond donors (Lipinski definition) is 6. The Morgan fingerprint density at radius 2 is 1.67 bits per heavy atom. The number of nitrogens with two attached hydrogens (primary N) is 1. The van der Waals surface area contributed by atoms with Gasteiger partial charge >= 0.3 is 11.9 Å². The van der Waals surface area contributed by atoms with Crippen LogP contribution in [0.2, 0.25) is 0 Å². The minimum absolute atomic E-state index is 0.0824. The second-order valence-corrected chi connectivity index (χ2v) is 5.66.